The van der Waals surface area contributed by atoms with E-state index in [0.29, 0.717) is 33.0 Å². The van der Waals surface area contributed by atoms with Crippen LogP contribution in [0, 0.1) is 5.41 Å². The first-order valence-electron chi connectivity index (χ1n) is 10.8. The number of carbonyl (C=O) groups is 1. The smallest absolute Gasteiger partial charge is 0.260 e. The summed E-state index contributed by atoms with van der Waals surface area (Å²) in [5.41, 5.74) is 2.14. The van der Waals surface area contributed by atoms with Crippen molar-refractivity contribution in [1.29, 1.82) is 5.41 Å². The molecule has 1 aliphatic heterocycles. The lowest BCUT2D eigenvalue weighted by Crippen LogP contribution is -2.35. The number of pyridine rings is 1. The first-order valence-corrected chi connectivity index (χ1v) is 11.5. The number of hydrogen-bond acceptors (Lipinski definition) is 4. The lowest BCUT2D eigenvalue weighted by Gasteiger charge is -2.29. The van der Waals surface area contributed by atoms with Crippen molar-refractivity contribution in [1.82, 2.24) is 9.88 Å². The summed E-state index contributed by atoms with van der Waals surface area (Å²) >= 11 is 12.0. The maximum Gasteiger partial charge on any atom is 0.260 e. The zero-order chi connectivity index (χ0) is 23.2. The molecule has 2 heterocycles. The zero-order valence-electron chi connectivity index (χ0n) is 18.0. The van der Waals surface area contributed by atoms with Crippen LogP contribution in [0.5, 0.6) is 5.75 Å². The molecular formula is C26H28Cl2N4O2. The van der Waals surface area contributed by atoms with Gasteiger partial charge in [-0.1, -0.05) is 54.9 Å². The van der Waals surface area contributed by atoms with Crippen molar-refractivity contribution in [2.45, 2.75) is 33.3 Å². The molecule has 2 N–H and O–H groups in total. The maximum absolute atomic E-state index is 12.8. The van der Waals surface area contributed by atoms with Crippen LogP contribution in [0.2, 0.25) is 10.0 Å². The molecule has 0 unspecified atom stereocenters. The number of amides is 1. The molecule has 2 aromatic carbocycles. The Balaban J connectivity index is 0.00000324. The quantitative estimate of drug-likeness (QED) is 0.293. The predicted molar refractivity (Wildman–Crippen MR) is 138 cm³/mol. The highest BCUT2D eigenvalue weighted by molar-refractivity contribution is 6.31. The Morgan fingerprint density at radius 1 is 1.00 bits per heavy atom. The Labute approximate surface area is 210 Å². The molecule has 3 aromatic rings. The Morgan fingerprint density at radius 2 is 1.71 bits per heavy atom. The van der Waals surface area contributed by atoms with Crippen LogP contribution >= 0.6 is 23.2 Å². The van der Waals surface area contributed by atoms with Crippen molar-refractivity contribution in [2.75, 3.05) is 18.4 Å². The molecule has 4 rings (SSSR count). The topological polar surface area (TPSA) is 78.3 Å². The minimum absolute atomic E-state index is 0. The zero-order valence-corrected chi connectivity index (χ0v) is 19.5. The fraction of sp³-hybridized carbons (Fsp3) is 0.269. The highest BCUT2D eigenvalue weighted by Gasteiger charge is 2.16. The van der Waals surface area contributed by atoms with Crippen molar-refractivity contribution in [3.63, 3.8) is 0 Å². The van der Waals surface area contributed by atoms with E-state index < -0.39 is 0 Å². The van der Waals surface area contributed by atoms with E-state index in [2.05, 4.69) is 15.2 Å². The van der Waals surface area contributed by atoms with Gasteiger partial charge in [0.1, 0.15) is 24.0 Å². The molecule has 1 fully saturated rings. The van der Waals surface area contributed by atoms with Gasteiger partial charge in [-0.25, -0.2) is 4.98 Å². The van der Waals surface area contributed by atoms with E-state index in [4.69, 9.17) is 33.3 Å². The van der Waals surface area contributed by atoms with Gasteiger partial charge in [-0.15, -0.1) is 0 Å². The molecule has 1 saturated heterocycles. The molecule has 0 radical (unpaired) electrons. The largest absolute Gasteiger partial charge is 0.488 e. The van der Waals surface area contributed by atoms with Crippen LogP contribution in [-0.4, -0.2) is 34.7 Å². The molecule has 178 valence electrons. The van der Waals surface area contributed by atoms with Gasteiger partial charge in [0.2, 0.25) is 0 Å². The van der Waals surface area contributed by atoms with E-state index in [1.54, 1.807) is 30.3 Å². The fourth-order valence-electron chi connectivity index (χ4n) is 3.66. The van der Waals surface area contributed by atoms with E-state index in [0.717, 1.165) is 37.1 Å². The van der Waals surface area contributed by atoms with Gasteiger partial charge in [-0.2, -0.15) is 0 Å². The fourth-order valence-corrected chi connectivity index (χ4v) is 3.94. The van der Waals surface area contributed by atoms with Crippen molar-refractivity contribution in [3.05, 3.63) is 87.5 Å². The lowest BCUT2D eigenvalue weighted by atomic mass is 10.1. The normalized spacial score (nSPS) is 13.1. The van der Waals surface area contributed by atoms with Crippen molar-refractivity contribution < 1.29 is 9.53 Å². The summed E-state index contributed by atoms with van der Waals surface area (Å²) in [6, 6.07) is 16.0. The third-order valence-electron chi connectivity index (χ3n) is 5.45. The Morgan fingerprint density at radius 3 is 2.38 bits per heavy atom. The van der Waals surface area contributed by atoms with Crippen molar-refractivity contribution >= 4 is 40.8 Å². The number of hydrogen-bond donors (Lipinski definition) is 2. The molecule has 6 nitrogen and oxygen atoms in total. The van der Waals surface area contributed by atoms with Crippen molar-refractivity contribution in [2.24, 2.45) is 0 Å². The summed E-state index contributed by atoms with van der Waals surface area (Å²) < 4.78 is 5.95. The standard InChI is InChI=1S/C25H24Cl2N4O2.CH4/c26-19-8-10-22(21(14-19)25(32)30-23-11-9-20(27)15-29-23)33-16-17-4-6-18(7-5-17)24(28)31-12-2-1-3-13-31;/h4-11,14-15,28H,1-3,12-13,16H2,(H,29,30,32);1H4. The maximum atomic E-state index is 12.8. The van der Waals surface area contributed by atoms with Gasteiger partial charge in [0.05, 0.1) is 10.6 Å². The number of amidine groups is 1. The molecule has 0 aliphatic carbocycles. The number of piperidine rings is 1. The molecule has 1 amide bonds. The van der Waals surface area contributed by atoms with E-state index >= 15 is 0 Å². The summed E-state index contributed by atoms with van der Waals surface area (Å²) in [7, 11) is 0. The molecule has 0 spiro atoms. The van der Waals surface area contributed by atoms with Crippen LogP contribution in [0.3, 0.4) is 0 Å². The average Bonchev–Trinajstić information content (AvgIpc) is 2.85. The van der Waals surface area contributed by atoms with E-state index in [-0.39, 0.29) is 19.9 Å². The van der Waals surface area contributed by atoms with Gasteiger partial charge in [-0.3, -0.25) is 10.2 Å². The van der Waals surface area contributed by atoms with Crippen LogP contribution in [0.1, 0.15) is 48.2 Å². The number of aromatic nitrogens is 1. The van der Waals surface area contributed by atoms with Crippen molar-refractivity contribution in [3.8, 4) is 5.75 Å². The second kappa shape index (κ2) is 11.9. The second-order valence-corrected chi connectivity index (χ2v) is 8.71. The van der Waals surface area contributed by atoms with Crippen LogP contribution in [0.15, 0.2) is 60.8 Å². The van der Waals surface area contributed by atoms with Gasteiger partial charge < -0.3 is 15.0 Å². The minimum Gasteiger partial charge on any atom is -0.488 e. The number of carbonyl (C=O) groups excluding carboxylic acids is 1. The first-order chi connectivity index (χ1) is 16.0. The van der Waals surface area contributed by atoms with Gasteiger partial charge in [0.15, 0.2) is 0 Å². The molecule has 8 heteroatoms. The van der Waals surface area contributed by atoms with E-state index in [1.165, 1.54) is 12.6 Å². The Bertz CT molecular complexity index is 1130. The molecule has 0 bridgehead atoms. The molecular weight excluding hydrogens is 471 g/mol. The van der Waals surface area contributed by atoms with Crippen LogP contribution in [0.4, 0.5) is 5.82 Å². The van der Waals surface area contributed by atoms with Gasteiger partial charge in [0, 0.05) is 29.9 Å². The number of nitrogens with zero attached hydrogens (tertiary/aromatic N) is 2. The average molecular weight is 499 g/mol. The summed E-state index contributed by atoms with van der Waals surface area (Å²) in [6.45, 7) is 2.16. The molecule has 34 heavy (non-hydrogen) atoms. The number of rotatable bonds is 6. The first kappa shape index (κ1) is 25.5. The van der Waals surface area contributed by atoms with Crippen LogP contribution in [0.25, 0.3) is 0 Å². The van der Waals surface area contributed by atoms with Gasteiger partial charge in [0.25, 0.3) is 5.91 Å². The summed E-state index contributed by atoms with van der Waals surface area (Å²) in [5.74, 6) is 0.973. The molecule has 0 atom stereocenters. The molecule has 1 aromatic heterocycles. The minimum atomic E-state index is -0.382. The summed E-state index contributed by atoms with van der Waals surface area (Å²) in [4.78, 5) is 19.0. The van der Waals surface area contributed by atoms with Gasteiger partial charge >= 0.3 is 0 Å². The lowest BCUT2D eigenvalue weighted by molar-refractivity contribution is 0.102. The third kappa shape index (κ3) is 6.49. The SMILES string of the molecule is C.N=C(c1ccc(COc2ccc(Cl)cc2C(=O)Nc2ccc(Cl)cn2)cc1)N1CCCCC1. The van der Waals surface area contributed by atoms with E-state index in [9.17, 15) is 4.79 Å². The van der Waals surface area contributed by atoms with Gasteiger partial charge in [-0.05, 0) is 55.2 Å². The number of nitrogens with one attached hydrogen (secondary N) is 2. The number of halogens is 2. The number of likely N-dealkylation sites (tertiary alicyclic amines) is 1. The summed E-state index contributed by atoms with van der Waals surface area (Å²) in [5, 5.41) is 12.1. The molecule has 1 aliphatic rings. The predicted octanol–water partition coefficient (Wildman–Crippen LogP) is 6.67. The monoisotopic (exact) mass is 498 g/mol. The number of anilines is 1. The third-order valence-corrected chi connectivity index (χ3v) is 5.91. The second-order valence-electron chi connectivity index (χ2n) is 7.84. The number of benzene rings is 2. The highest BCUT2D eigenvalue weighted by Crippen LogP contribution is 2.25. The number of ether oxygens (including phenoxy) is 1. The van der Waals surface area contributed by atoms with Crippen LogP contribution < -0.4 is 10.1 Å². The Kier molecular flexibility index (Phi) is 8.91. The van der Waals surface area contributed by atoms with Crippen LogP contribution in [-0.2, 0) is 6.61 Å². The highest BCUT2D eigenvalue weighted by atomic mass is 35.5. The van der Waals surface area contributed by atoms with E-state index in [1.807, 2.05) is 24.3 Å². The molecule has 0 saturated carbocycles. The Hall–Kier alpha value is -3.09. The summed E-state index contributed by atoms with van der Waals surface area (Å²) in [6.07, 6.45) is 4.97.